The van der Waals surface area contributed by atoms with E-state index in [2.05, 4.69) is 10.4 Å². The first-order valence-corrected chi connectivity index (χ1v) is 8.92. The number of aryl methyl sites for hydroxylation is 1. The number of rotatable bonds is 6. The van der Waals surface area contributed by atoms with Crippen molar-refractivity contribution in [1.82, 2.24) is 4.98 Å². The fraction of sp³-hybridized carbons (Fsp3) is 0.250. The second-order valence-corrected chi connectivity index (χ2v) is 7.05. The van der Waals surface area contributed by atoms with Crippen LogP contribution in [0.2, 0.25) is 0 Å². The van der Waals surface area contributed by atoms with Crippen molar-refractivity contribution in [1.29, 1.82) is 0 Å². The van der Waals surface area contributed by atoms with Gasteiger partial charge in [-0.2, -0.15) is 0 Å². The van der Waals surface area contributed by atoms with Crippen molar-refractivity contribution < 1.29 is 13.5 Å². The molecule has 1 heterocycles. The number of methoxy groups -OCH3 is 1. The highest BCUT2D eigenvalue weighted by Crippen LogP contribution is 2.28. The SMILES string of the molecule is COc1ccc(C(Cc2ccc(F)c(F)c2)Cc2csc(C)n2)cc1. The molecule has 1 aromatic heterocycles. The van der Waals surface area contributed by atoms with E-state index in [9.17, 15) is 8.78 Å². The predicted molar refractivity (Wildman–Crippen MR) is 96.4 cm³/mol. The van der Waals surface area contributed by atoms with Gasteiger partial charge in [0.1, 0.15) is 5.75 Å². The lowest BCUT2D eigenvalue weighted by molar-refractivity contribution is 0.414. The van der Waals surface area contributed by atoms with Crippen LogP contribution in [0.25, 0.3) is 0 Å². The van der Waals surface area contributed by atoms with Crippen LogP contribution in [-0.2, 0) is 12.8 Å². The van der Waals surface area contributed by atoms with Gasteiger partial charge >= 0.3 is 0 Å². The second-order valence-electron chi connectivity index (χ2n) is 5.98. The standard InChI is InChI=1S/C20H19F2NOS/c1-13-23-17(12-25-13)11-16(15-4-6-18(24-2)7-5-15)9-14-3-8-19(21)20(22)10-14/h3-8,10,12,16H,9,11H2,1-2H3. The minimum atomic E-state index is -0.820. The largest absolute Gasteiger partial charge is 0.497 e. The number of benzene rings is 2. The molecule has 2 nitrogen and oxygen atoms in total. The zero-order valence-corrected chi connectivity index (χ0v) is 14.9. The highest BCUT2D eigenvalue weighted by molar-refractivity contribution is 7.09. The van der Waals surface area contributed by atoms with Gasteiger partial charge in [0.05, 0.1) is 17.8 Å². The van der Waals surface area contributed by atoms with E-state index >= 15 is 0 Å². The Hall–Kier alpha value is -2.27. The Morgan fingerprint density at radius 3 is 2.40 bits per heavy atom. The first kappa shape index (κ1) is 17.5. The van der Waals surface area contributed by atoms with E-state index in [4.69, 9.17) is 4.74 Å². The molecule has 0 aliphatic carbocycles. The van der Waals surface area contributed by atoms with Gasteiger partial charge in [-0.1, -0.05) is 18.2 Å². The van der Waals surface area contributed by atoms with Crippen LogP contribution in [0.5, 0.6) is 5.75 Å². The van der Waals surface area contributed by atoms with E-state index in [0.29, 0.717) is 6.42 Å². The van der Waals surface area contributed by atoms with Gasteiger partial charge in [-0.3, -0.25) is 0 Å². The van der Waals surface area contributed by atoms with Gasteiger partial charge < -0.3 is 4.74 Å². The normalized spacial score (nSPS) is 12.2. The fourth-order valence-electron chi connectivity index (χ4n) is 2.89. The molecule has 5 heteroatoms. The summed E-state index contributed by atoms with van der Waals surface area (Å²) in [5, 5.41) is 3.08. The van der Waals surface area contributed by atoms with Crippen molar-refractivity contribution in [2.75, 3.05) is 7.11 Å². The lowest BCUT2D eigenvalue weighted by Crippen LogP contribution is -2.08. The van der Waals surface area contributed by atoms with Crippen molar-refractivity contribution >= 4 is 11.3 Å². The van der Waals surface area contributed by atoms with Gasteiger partial charge in [0.15, 0.2) is 11.6 Å². The summed E-state index contributed by atoms with van der Waals surface area (Å²) >= 11 is 1.62. The number of nitrogens with zero attached hydrogens (tertiary/aromatic N) is 1. The van der Waals surface area contributed by atoms with Gasteiger partial charge in [0, 0.05) is 5.38 Å². The molecule has 0 aliphatic rings. The maximum Gasteiger partial charge on any atom is 0.159 e. The highest BCUT2D eigenvalue weighted by Gasteiger charge is 2.16. The summed E-state index contributed by atoms with van der Waals surface area (Å²) in [5.41, 5.74) is 2.91. The van der Waals surface area contributed by atoms with Gasteiger partial charge in [-0.05, 0) is 61.1 Å². The second kappa shape index (κ2) is 7.74. The zero-order valence-electron chi connectivity index (χ0n) is 14.1. The molecule has 1 atom stereocenters. The van der Waals surface area contributed by atoms with Crippen LogP contribution in [-0.4, -0.2) is 12.1 Å². The average Bonchev–Trinajstić information content (AvgIpc) is 3.02. The summed E-state index contributed by atoms with van der Waals surface area (Å²) in [6.45, 7) is 1.98. The molecule has 1 unspecified atom stereocenters. The minimum absolute atomic E-state index is 0.122. The Balaban J connectivity index is 1.87. The van der Waals surface area contributed by atoms with E-state index in [-0.39, 0.29) is 5.92 Å². The Morgan fingerprint density at radius 1 is 1.04 bits per heavy atom. The fourth-order valence-corrected chi connectivity index (χ4v) is 3.51. The number of aromatic nitrogens is 1. The highest BCUT2D eigenvalue weighted by atomic mass is 32.1. The third-order valence-corrected chi connectivity index (χ3v) is 5.00. The Morgan fingerprint density at radius 2 is 1.80 bits per heavy atom. The number of halogens is 2. The minimum Gasteiger partial charge on any atom is -0.497 e. The third kappa shape index (κ3) is 4.42. The topological polar surface area (TPSA) is 22.1 Å². The van der Waals surface area contributed by atoms with Gasteiger partial charge in [0.25, 0.3) is 0 Å². The van der Waals surface area contributed by atoms with Crippen molar-refractivity contribution in [3.05, 3.63) is 81.3 Å². The molecule has 3 aromatic rings. The van der Waals surface area contributed by atoms with Gasteiger partial charge in [-0.25, -0.2) is 13.8 Å². The van der Waals surface area contributed by atoms with Crippen LogP contribution < -0.4 is 4.74 Å². The Bertz CT molecular complexity index is 845. The first-order valence-electron chi connectivity index (χ1n) is 8.04. The van der Waals surface area contributed by atoms with Crippen LogP contribution >= 0.6 is 11.3 Å². The lowest BCUT2D eigenvalue weighted by Gasteiger charge is -2.17. The molecule has 0 bridgehead atoms. The van der Waals surface area contributed by atoms with Crippen molar-refractivity contribution in [3.63, 3.8) is 0 Å². The summed E-state index contributed by atoms with van der Waals surface area (Å²) in [6, 6.07) is 12.0. The first-order chi connectivity index (χ1) is 12.0. The van der Waals surface area contributed by atoms with Gasteiger partial charge in [-0.15, -0.1) is 11.3 Å². The summed E-state index contributed by atoms with van der Waals surface area (Å²) in [5.74, 6) is -0.715. The summed E-state index contributed by atoms with van der Waals surface area (Å²) in [6.07, 6.45) is 1.36. The number of ether oxygens (including phenoxy) is 1. The Labute approximate surface area is 150 Å². The smallest absolute Gasteiger partial charge is 0.159 e. The molecule has 0 saturated heterocycles. The van der Waals surface area contributed by atoms with Crippen LogP contribution in [0.1, 0.15) is 27.7 Å². The number of hydrogen-bond donors (Lipinski definition) is 0. The third-order valence-electron chi connectivity index (χ3n) is 4.18. The molecule has 0 amide bonds. The van der Waals surface area contributed by atoms with E-state index in [1.165, 1.54) is 12.1 Å². The molecule has 0 spiro atoms. The molecule has 0 N–H and O–H groups in total. The molecule has 0 aliphatic heterocycles. The van der Waals surface area contributed by atoms with Crippen LogP contribution in [0, 0.1) is 18.6 Å². The van der Waals surface area contributed by atoms with E-state index in [1.807, 2.05) is 31.2 Å². The molecular weight excluding hydrogens is 340 g/mol. The lowest BCUT2D eigenvalue weighted by atomic mass is 9.88. The number of hydrogen-bond acceptors (Lipinski definition) is 3. The van der Waals surface area contributed by atoms with Crippen LogP contribution in [0.3, 0.4) is 0 Å². The average molecular weight is 359 g/mol. The molecule has 0 saturated carbocycles. The molecule has 2 aromatic carbocycles. The van der Waals surface area contributed by atoms with Crippen LogP contribution in [0.4, 0.5) is 8.78 Å². The summed E-state index contributed by atoms with van der Waals surface area (Å²) in [7, 11) is 1.63. The molecule has 25 heavy (non-hydrogen) atoms. The van der Waals surface area contributed by atoms with Crippen LogP contribution in [0.15, 0.2) is 47.8 Å². The maximum atomic E-state index is 13.6. The quantitative estimate of drug-likeness (QED) is 0.595. The van der Waals surface area contributed by atoms with E-state index in [0.717, 1.165) is 34.0 Å². The molecule has 3 rings (SSSR count). The number of thiazole rings is 1. The maximum absolute atomic E-state index is 13.6. The summed E-state index contributed by atoms with van der Waals surface area (Å²) < 4.78 is 32.0. The predicted octanol–water partition coefficient (Wildman–Crippen LogP) is 5.31. The van der Waals surface area contributed by atoms with Crippen molar-refractivity contribution in [3.8, 4) is 5.75 Å². The van der Waals surface area contributed by atoms with Gasteiger partial charge in [0.2, 0.25) is 0 Å². The molecule has 0 fully saturated rings. The molecule has 0 radical (unpaired) electrons. The zero-order chi connectivity index (χ0) is 17.8. The monoisotopic (exact) mass is 359 g/mol. The molecule has 130 valence electrons. The van der Waals surface area contributed by atoms with Crippen molar-refractivity contribution in [2.45, 2.75) is 25.7 Å². The Kier molecular flexibility index (Phi) is 5.43. The van der Waals surface area contributed by atoms with E-state index < -0.39 is 11.6 Å². The van der Waals surface area contributed by atoms with E-state index in [1.54, 1.807) is 24.5 Å². The summed E-state index contributed by atoms with van der Waals surface area (Å²) in [4.78, 5) is 4.54. The van der Waals surface area contributed by atoms with Crippen molar-refractivity contribution in [2.24, 2.45) is 0 Å². The molecular formula is C20H19F2NOS.